The highest BCUT2D eigenvalue weighted by Crippen LogP contribution is 2.14. The summed E-state index contributed by atoms with van der Waals surface area (Å²) in [7, 11) is 0. The molecular weight excluding hydrogens is 733 g/mol. The maximum atomic E-state index is 12.8. The van der Waals surface area contributed by atoms with Gasteiger partial charge in [0.15, 0.2) is 6.10 Å². The van der Waals surface area contributed by atoms with Crippen LogP contribution in [-0.2, 0) is 28.6 Å². The molecule has 0 aromatic heterocycles. The van der Waals surface area contributed by atoms with Crippen LogP contribution in [0.25, 0.3) is 0 Å². The first-order valence-corrected chi connectivity index (χ1v) is 24.4. The Morgan fingerprint density at radius 2 is 0.661 bits per heavy atom. The second-order valence-electron chi connectivity index (χ2n) is 16.0. The number of hydrogen-bond acceptors (Lipinski definition) is 6. The van der Waals surface area contributed by atoms with E-state index in [1.165, 1.54) is 51.4 Å². The number of allylic oxidation sites excluding steroid dienone is 12. The van der Waals surface area contributed by atoms with Gasteiger partial charge in [-0.05, 0) is 83.5 Å². The van der Waals surface area contributed by atoms with Crippen molar-refractivity contribution in [3.8, 4) is 0 Å². The van der Waals surface area contributed by atoms with Gasteiger partial charge in [0.2, 0.25) is 0 Å². The first kappa shape index (κ1) is 55.9. The zero-order valence-corrected chi connectivity index (χ0v) is 38.5. The van der Waals surface area contributed by atoms with Crippen molar-refractivity contribution in [2.75, 3.05) is 13.2 Å². The number of rotatable bonds is 43. The van der Waals surface area contributed by atoms with Gasteiger partial charge in [0.25, 0.3) is 0 Å². The van der Waals surface area contributed by atoms with E-state index in [0.29, 0.717) is 19.3 Å². The molecule has 0 saturated carbocycles. The Morgan fingerprint density at radius 3 is 1.03 bits per heavy atom. The molecule has 0 aliphatic carbocycles. The number of carbonyl (C=O) groups is 3. The van der Waals surface area contributed by atoms with Crippen LogP contribution in [-0.4, -0.2) is 37.2 Å². The smallest absolute Gasteiger partial charge is 0.306 e. The second kappa shape index (κ2) is 47.5. The molecule has 0 saturated heterocycles. The maximum absolute atomic E-state index is 12.8. The van der Waals surface area contributed by atoms with Crippen molar-refractivity contribution in [2.45, 2.75) is 232 Å². The Labute approximate surface area is 363 Å². The highest BCUT2D eigenvalue weighted by molar-refractivity contribution is 5.71. The summed E-state index contributed by atoms with van der Waals surface area (Å²) in [6.07, 6.45) is 58.8. The van der Waals surface area contributed by atoms with Gasteiger partial charge in [-0.2, -0.15) is 0 Å². The Morgan fingerprint density at radius 1 is 0.356 bits per heavy atom. The molecule has 0 aliphatic rings. The first-order chi connectivity index (χ1) is 29.0. The minimum absolute atomic E-state index is 0.0872. The second-order valence-corrected chi connectivity index (χ2v) is 16.0. The lowest BCUT2D eigenvalue weighted by molar-refractivity contribution is -0.167. The van der Waals surface area contributed by atoms with E-state index in [-0.39, 0.29) is 31.1 Å². The van der Waals surface area contributed by atoms with Crippen LogP contribution in [0.1, 0.15) is 226 Å². The molecule has 6 heteroatoms. The minimum atomic E-state index is -0.788. The van der Waals surface area contributed by atoms with Gasteiger partial charge >= 0.3 is 17.9 Å². The molecule has 0 N–H and O–H groups in total. The fourth-order valence-electron chi connectivity index (χ4n) is 6.59. The van der Waals surface area contributed by atoms with Crippen molar-refractivity contribution < 1.29 is 28.6 Å². The molecule has 0 aliphatic heterocycles. The summed E-state index contributed by atoms with van der Waals surface area (Å²) in [5.74, 6) is -0.923. The standard InChI is InChI=1S/C53H90O6/c1-4-7-10-13-16-19-22-24-26-28-31-34-37-40-43-46-52(55)58-49-50(48-57-51(54)45-42-39-36-33-30-21-18-15-12-9-6-3)59-53(56)47-44-41-38-35-32-29-27-25-23-20-17-14-11-8-5-2/h7-8,10-11,16-17,19-20,24-27,50H,4-6,9,12-15,18,21-23,28-49H2,1-3H3/b10-7-,11-8-,19-16-,20-17-,26-24-,27-25-. The molecule has 0 amide bonds. The summed E-state index contributed by atoms with van der Waals surface area (Å²) in [6, 6.07) is 0. The molecule has 59 heavy (non-hydrogen) atoms. The Bertz CT molecular complexity index is 1130. The minimum Gasteiger partial charge on any atom is -0.462 e. The number of esters is 3. The molecule has 1 atom stereocenters. The molecule has 0 aromatic carbocycles. The average molecular weight is 823 g/mol. The molecule has 338 valence electrons. The third-order valence-corrected chi connectivity index (χ3v) is 10.2. The van der Waals surface area contributed by atoms with Crippen LogP contribution in [0.5, 0.6) is 0 Å². The van der Waals surface area contributed by atoms with Crippen molar-refractivity contribution in [1.82, 2.24) is 0 Å². The summed E-state index contributed by atoms with van der Waals surface area (Å²) in [4.78, 5) is 37.9. The summed E-state index contributed by atoms with van der Waals surface area (Å²) < 4.78 is 16.7. The molecule has 0 rings (SSSR count). The highest BCUT2D eigenvalue weighted by Gasteiger charge is 2.19. The van der Waals surface area contributed by atoms with Crippen LogP contribution in [0.2, 0.25) is 0 Å². The fraction of sp³-hybridized carbons (Fsp3) is 0.717. The van der Waals surface area contributed by atoms with E-state index in [4.69, 9.17) is 14.2 Å². The lowest BCUT2D eigenvalue weighted by Gasteiger charge is -2.18. The molecule has 0 radical (unpaired) electrons. The molecule has 0 aromatic rings. The van der Waals surface area contributed by atoms with Gasteiger partial charge in [-0.15, -0.1) is 0 Å². The zero-order chi connectivity index (χ0) is 43.0. The van der Waals surface area contributed by atoms with Gasteiger partial charge in [0.05, 0.1) is 0 Å². The van der Waals surface area contributed by atoms with E-state index in [2.05, 4.69) is 93.7 Å². The van der Waals surface area contributed by atoms with Gasteiger partial charge in [-0.3, -0.25) is 14.4 Å². The lowest BCUT2D eigenvalue weighted by Crippen LogP contribution is -2.30. The predicted molar refractivity (Wildman–Crippen MR) is 251 cm³/mol. The molecule has 0 bridgehead atoms. The maximum Gasteiger partial charge on any atom is 0.306 e. The van der Waals surface area contributed by atoms with E-state index in [0.717, 1.165) is 135 Å². The number of ether oxygens (including phenoxy) is 3. The molecule has 0 fully saturated rings. The first-order valence-electron chi connectivity index (χ1n) is 24.4. The molecule has 6 nitrogen and oxygen atoms in total. The molecular formula is C53H90O6. The quantitative estimate of drug-likeness (QED) is 0.0264. The molecule has 0 spiro atoms. The number of carbonyl (C=O) groups excluding carboxylic acids is 3. The van der Waals surface area contributed by atoms with Crippen molar-refractivity contribution >= 4 is 17.9 Å². The van der Waals surface area contributed by atoms with Gasteiger partial charge in [0, 0.05) is 19.3 Å². The Kier molecular flexibility index (Phi) is 45.0. The number of hydrogen-bond donors (Lipinski definition) is 0. The molecule has 0 heterocycles. The van der Waals surface area contributed by atoms with E-state index < -0.39 is 6.10 Å². The van der Waals surface area contributed by atoms with E-state index in [1.54, 1.807) is 0 Å². The van der Waals surface area contributed by atoms with Gasteiger partial charge in [0.1, 0.15) is 13.2 Å². The summed E-state index contributed by atoms with van der Waals surface area (Å²) >= 11 is 0. The van der Waals surface area contributed by atoms with E-state index in [9.17, 15) is 14.4 Å². The Hall–Kier alpha value is -3.15. The normalized spacial score (nSPS) is 12.7. The van der Waals surface area contributed by atoms with Crippen molar-refractivity contribution in [1.29, 1.82) is 0 Å². The number of unbranched alkanes of at least 4 members (excludes halogenated alkanes) is 20. The largest absolute Gasteiger partial charge is 0.462 e. The summed E-state index contributed by atoms with van der Waals surface area (Å²) in [6.45, 7) is 6.37. The van der Waals surface area contributed by atoms with Gasteiger partial charge in [-0.25, -0.2) is 0 Å². The monoisotopic (exact) mass is 823 g/mol. The van der Waals surface area contributed by atoms with E-state index in [1.807, 2.05) is 0 Å². The zero-order valence-electron chi connectivity index (χ0n) is 38.5. The van der Waals surface area contributed by atoms with Crippen molar-refractivity contribution in [2.24, 2.45) is 0 Å². The summed E-state index contributed by atoms with van der Waals surface area (Å²) in [5.41, 5.74) is 0. The third kappa shape index (κ3) is 45.8. The van der Waals surface area contributed by atoms with Crippen LogP contribution in [0.3, 0.4) is 0 Å². The van der Waals surface area contributed by atoms with E-state index >= 15 is 0 Å². The van der Waals surface area contributed by atoms with Crippen LogP contribution in [0.15, 0.2) is 72.9 Å². The summed E-state index contributed by atoms with van der Waals surface area (Å²) in [5, 5.41) is 0. The van der Waals surface area contributed by atoms with Crippen LogP contribution < -0.4 is 0 Å². The van der Waals surface area contributed by atoms with Crippen LogP contribution in [0, 0.1) is 0 Å². The van der Waals surface area contributed by atoms with Gasteiger partial charge in [-0.1, -0.05) is 196 Å². The molecule has 1 unspecified atom stereocenters. The highest BCUT2D eigenvalue weighted by atomic mass is 16.6. The average Bonchev–Trinajstić information content (AvgIpc) is 3.23. The third-order valence-electron chi connectivity index (χ3n) is 10.2. The van der Waals surface area contributed by atoms with Crippen LogP contribution in [0.4, 0.5) is 0 Å². The topological polar surface area (TPSA) is 78.9 Å². The Balaban J connectivity index is 4.43. The lowest BCUT2D eigenvalue weighted by atomic mass is 10.1. The van der Waals surface area contributed by atoms with Crippen molar-refractivity contribution in [3.05, 3.63) is 72.9 Å². The SMILES string of the molecule is CC/C=C\C/C=C\C/C=C\CCCCCCCC(=O)OCC(COC(=O)CCCCCCCCCCCCC)OC(=O)CCCCCCC/C=C\C/C=C\C/C=C\CC. The van der Waals surface area contributed by atoms with Crippen LogP contribution >= 0.6 is 0 Å². The fourth-order valence-corrected chi connectivity index (χ4v) is 6.59. The van der Waals surface area contributed by atoms with Crippen molar-refractivity contribution in [3.63, 3.8) is 0 Å². The predicted octanol–water partition coefficient (Wildman–Crippen LogP) is 15.9. The van der Waals surface area contributed by atoms with Gasteiger partial charge < -0.3 is 14.2 Å².